The number of carbonyl (C=O) groups excluding carboxylic acids is 1. The predicted molar refractivity (Wildman–Crippen MR) is 58.3 cm³/mol. The first-order valence-electron chi connectivity index (χ1n) is 5.53. The van der Waals surface area contributed by atoms with Gasteiger partial charge >= 0.3 is 0 Å². The third-order valence-corrected chi connectivity index (χ3v) is 2.97. The minimum Gasteiger partial charge on any atom is -0.343 e. The molecule has 0 saturated carbocycles. The number of hydrogen-bond donors (Lipinski definition) is 1. The Kier molecular flexibility index (Phi) is 3.19. The number of amides is 1. The number of carbonyl (C=O) groups is 1. The fraction of sp³-hybridized carbons (Fsp3) is 0.700. The number of likely N-dealkylation sites (tertiary alicyclic amines) is 1. The van der Waals surface area contributed by atoms with Crippen LogP contribution in [0.25, 0.3) is 0 Å². The zero-order chi connectivity index (χ0) is 11.5. The first kappa shape index (κ1) is 11.1. The van der Waals surface area contributed by atoms with E-state index in [-0.39, 0.29) is 5.91 Å². The summed E-state index contributed by atoms with van der Waals surface area (Å²) in [5.74, 6) is 0.639. The molecule has 0 spiro atoms. The number of nitrogens with two attached hydrogens (primary N) is 1. The molecule has 0 aromatic carbocycles. The molecule has 0 aliphatic carbocycles. The van der Waals surface area contributed by atoms with E-state index in [1.807, 2.05) is 15.8 Å². The highest BCUT2D eigenvalue weighted by atomic mass is 16.2. The molecular weight excluding hydrogens is 206 g/mol. The quantitative estimate of drug-likeness (QED) is 0.756. The van der Waals surface area contributed by atoms with Crippen LogP contribution in [0, 0.1) is 5.92 Å². The molecule has 1 saturated heterocycles. The monoisotopic (exact) mass is 223 g/mol. The molecule has 6 heteroatoms. The van der Waals surface area contributed by atoms with Gasteiger partial charge in [-0.05, 0) is 12.3 Å². The minimum atomic E-state index is 0.156. The Morgan fingerprint density at radius 2 is 2.50 bits per heavy atom. The van der Waals surface area contributed by atoms with Crippen molar-refractivity contribution < 1.29 is 4.79 Å². The highest BCUT2D eigenvalue weighted by molar-refractivity contribution is 5.73. The first-order valence-corrected chi connectivity index (χ1v) is 5.53. The van der Waals surface area contributed by atoms with Gasteiger partial charge in [-0.25, -0.2) is 0 Å². The van der Waals surface area contributed by atoms with Crippen LogP contribution in [0.3, 0.4) is 0 Å². The maximum atomic E-state index is 11.2. The molecule has 2 N–H and O–H groups in total. The van der Waals surface area contributed by atoms with E-state index in [1.54, 1.807) is 6.92 Å². The summed E-state index contributed by atoms with van der Waals surface area (Å²) < 4.78 is 1.82. The zero-order valence-corrected chi connectivity index (χ0v) is 9.46. The predicted octanol–water partition coefficient (Wildman–Crippen LogP) is -0.395. The van der Waals surface area contributed by atoms with E-state index in [0.717, 1.165) is 31.7 Å². The Morgan fingerprint density at radius 1 is 1.69 bits per heavy atom. The van der Waals surface area contributed by atoms with E-state index in [2.05, 4.69) is 10.3 Å². The zero-order valence-electron chi connectivity index (χ0n) is 9.46. The molecule has 1 aliphatic heterocycles. The Morgan fingerprint density at radius 3 is 3.06 bits per heavy atom. The van der Waals surface area contributed by atoms with Gasteiger partial charge < -0.3 is 10.6 Å². The number of nitrogens with zero attached hydrogens (tertiary/aromatic N) is 4. The minimum absolute atomic E-state index is 0.156. The summed E-state index contributed by atoms with van der Waals surface area (Å²) in [6.07, 6.45) is 2.91. The molecule has 6 nitrogen and oxygen atoms in total. The lowest BCUT2D eigenvalue weighted by atomic mass is 10.1. The van der Waals surface area contributed by atoms with Crippen molar-refractivity contribution >= 4 is 5.91 Å². The molecule has 2 heterocycles. The van der Waals surface area contributed by atoms with Gasteiger partial charge in [0.2, 0.25) is 5.91 Å². The number of aromatic nitrogens is 3. The summed E-state index contributed by atoms with van der Waals surface area (Å²) in [7, 11) is 0. The smallest absolute Gasteiger partial charge is 0.219 e. The summed E-state index contributed by atoms with van der Waals surface area (Å²) in [6, 6.07) is 0. The van der Waals surface area contributed by atoms with Crippen molar-refractivity contribution in [3.05, 3.63) is 11.9 Å². The van der Waals surface area contributed by atoms with E-state index in [1.165, 1.54) is 0 Å². The summed E-state index contributed by atoms with van der Waals surface area (Å²) in [5.41, 5.74) is 6.27. The first-order chi connectivity index (χ1) is 7.69. The standard InChI is InChI=1S/C10H17N5O/c1-8(16)14-3-2-9(5-14)6-15-7-10(4-11)12-13-15/h7,9H,2-6,11H2,1H3/t9-/m0/s1. The topological polar surface area (TPSA) is 77.0 Å². The molecule has 0 unspecified atom stereocenters. The molecule has 2 rings (SSSR count). The van der Waals surface area contributed by atoms with Gasteiger partial charge in [0.25, 0.3) is 0 Å². The van der Waals surface area contributed by atoms with Crippen molar-refractivity contribution in [1.29, 1.82) is 0 Å². The Bertz CT molecular complexity index is 375. The second-order valence-electron chi connectivity index (χ2n) is 4.26. The molecule has 0 radical (unpaired) electrons. The lowest BCUT2D eigenvalue weighted by molar-refractivity contribution is -0.127. The molecule has 1 aliphatic rings. The van der Waals surface area contributed by atoms with Crippen LogP contribution in [0.2, 0.25) is 0 Å². The average Bonchev–Trinajstić information content (AvgIpc) is 2.87. The highest BCUT2D eigenvalue weighted by Gasteiger charge is 2.24. The third-order valence-electron chi connectivity index (χ3n) is 2.97. The molecule has 1 atom stereocenters. The summed E-state index contributed by atoms with van der Waals surface area (Å²) in [4.78, 5) is 13.0. The second kappa shape index (κ2) is 4.61. The molecule has 88 valence electrons. The normalized spacial score (nSPS) is 20.4. The fourth-order valence-electron chi connectivity index (χ4n) is 2.05. The van der Waals surface area contributed by atoms with Crippen LogP contribution < -0.4 is 5.73 Å². The number of rotatable bonds is 3. The highest BCUT2D eigenvalue weighted by Crippen LogP contribution is 2.17. The van der Waals surface area contributed by atoms with E-state index < -0.39 is 0 Å². The molecular formula is C10H17N5O. The van der Waals surface area contributed by atoms with Gasteiger partial charge in [-0.15, -0.1) is 5.10 Å². The van der Waals surface area contributed by atoms with Gasteiger partial charge in [-0.3, -0.25) is 9.48 Å². The molecule has 1 fully saturated rings. The van der Waals surface area contributed by atoms with E-state index in [4.69, 9.17) is 5.73 Å². The van der Waals surface area contributed by atoms with E-state index in [0.29, 0.717) is 12.5 Å². The lowest BCUT2D eigenvalue weighted by Crippen LogP contribution is -2.26. The van der Waals surface area contributed by atoms with Crippen molar-refractivity contribution in [2.75, 3.05) is 13.1 Å². The van der Waals surface area contributed by atoms with Crippen LogP contribution >= 0.6 is 0 Å². The van der Waals surface area contributed by atoms with Gasteiger partial charge in [0.05, 0.1) is 5.69 Å². The van der Waals surface area contributed by atoms with Crippen LogP contribution in [0.5, 0.6) is 0 Å². The SMILES string of the molecule is CC(=O)N1CC[C@H](Cn2cc(CN)nn2)C1. The number of hydrogen-bond acceptors (Lipinski definition) is 4. The van der Waals surface area contributed by atoms with Gasteiger partial charge in [0.1, 0.15) is 0 Å². The largest absolute Gasteiger partial charge is 0.343 e. The molecule has 1 aromatic rings. The van der Waals surface area contributed by atoms with Gasteiger partial charge in [-0.2, -0.15) is 0 Å². The maximum Gasteiger partial charge on any atom is 0.219 e. The third kappa shape index (κ3) is 2.38. The van der Waals surface area contributed by atoms with Gasteiger partial charge in [0, 0.05) is 39.3 Å². The van der Waals surface area contributed by atoms with E-state index in [9.17, 15) is 4.79 Å². The summed E-state index contributed by atoms with van der Waals surface area (Å²) >= 11 is 0. The van der Waals surface area contributed by atoms with Gasteiger partial charge in [-0.1, -0.05) is 5.21 Å². The average molecular weight is 223 g/mol. The molecule has 0 bridgehead atoms. The van der Waals surface area contributed by atoms with Crippen LogP contribution in [-0.2, 0) is 17.9 Å². The van der Waals surface area contributed by atoms with Crippen molar-refractivity contribution in [2.24, 2.45) is 11.7 Å². The van der Waals surface area contributed by atoms with E-state index >= 15 is 0 Å². The fourth-order valence-corrected chi connectivity index (χ4v) is 2.05. The van der Waals surface area contributed by atoms with Gasteiger partial charge in [0.15, 0.2) is 0 Å². The van der Waals surface area contributed by atoms with Crippen LogP contribution in [0.15, 0.2) is 6.20 Å². The summed E-state index contributed by atoms with van der Waals surface area (Å²) in [6.45, 7) is 4.54. The lowest BCUT2D eigenvalue weighted by Gasteiger charge is -2.13. The Balaban J connectivity index is 1.89. The van der Waals surface area contributed by atoms with Crippen LogP contribution in [0.1, 0.15) is 19.0 Å². The molecule has 1 amide bonds. The van der Waals surface area contributed by atoms with Crippen LogP contribution in [0.4, 0.5) is 0 Å². The molecule has 16 heavy (non-hydrogen) atoms. The van der Waals surface area contributed by atoms with Crippen molar-refractivity contribution in [1.82, 2.24) is 19.9 Å². The Hall–Kier alpha value is -1.43. The van der Waals surface area contributed by atoms with Crippen molar-refractivity contribution in [3.63, 3.8) is 0 Å². The second-order valence-corrected chi connectivity index (χ2v) is 4.26. The van der Waals surface area contributed by atoms with Crippen molar-refractivity contribution in [2.45, 2.75) is 26.4 Å². The molecule has 1 aromatic heterocycles. The maximum absolute atomic E-state index is 11.2. The van der Waals surface area contributed by atoms with Crippen LogP contribution in [-0.4, -0.2) is 38.9 Å². The summed E-state index contributed by atoms with van der Waals surface area (Å²) in [5, 5.41) is 7.94. The Labute approximate surface area is 94.4 Å². The van der Waals surface area contributed by atoms with Crippen molar-refractivity contribution in [3.8, 4) is 0 Å².